The number of fused-ring (bicyclic) bond motifs is 5. The number of aromatic nitrogens is 3. The van der Waals surface area contributed by atoms with Crippen LogP contribution in [-0.4, -0.2) is 101 Å². The lowest BCUT2D eigenvalue weighted by molar-refractivity contribution is 0.0122. The molecule has 4 saturated heterocycles. The summed E-state index contributed by atoms with van der Waals surface area (Å²) in [5.74, 6) is 1.95. The maximum absolute atomic E-state index is 17.3. The molecule has 6 heterocycles. The van der Waals surface area contributed by atoms with E-state index in [4.69, 9.17) is 35.3 Å². The first-order valence-electron chi connectivity index (χ1n) is 18.3. The standard InChI is InChI=1S/C40H44F2N6O5/c1-6-28-31(41)12-9-24-17-27(52-23-50-5)18-29(32(24)28)34-33(42)35-30(19-43-34)36(45-37(44-35)51-22-40-13-7-15-47(40)16-8-14-40)46-20-25-10-11-26(21-46)48(25)38(49)53-39(2,3)4/h1,9,12,17-19,25-26H,7-8,10-11,13-16,20-23H2,2-5H3/t25-,26+. The minimum Gasteiger partial charge on any atom is -0.468 e. The number of halogens is 2. The molecule has 0 aliphatic carbocycles. The number of hydrogen-bond donors (Lipinski definition) is 0. The Hall–Kier alpha value is -4.80. The van der Waals surface area contributed by atoms with Crippen LogP contribution in [-0.2, 0) is 9.47 Å². The molecule has 0 unspecified atom stereocenters. The van der Waals surface area contributed by atoms with Crippen LogP contribution in [0.1, 0.15) is 64.9 Å². The van der Waals surface area contributed by atoms with E-state index < -0.39 is 17.2 Å². The molecule has 8 rings (SSSR count). The zero-order chi connectivity index (χ0) is 37.1. The van der Waals surface area contributed by atoms with E-state index in [9.17, 15) is 4.79 Å². The van der Waals surface area contributed by atoms with E-state index in [1.54, 1.807) is 24.4 Å². The maximum Gasteiger partial charge on any atom is 0.410 e. The van der Waals surface area contributed by atoms with Gasteiger partial charge in [0.15, 0.2) is 12.6 Å². The topological polar surface area (TPSA) is 102 Å². The predicted octanol–water partition coefficient (Wildman–Crippen LogP) is 6.68. The summed E-state index contributed by atoms with van der Waals surface area (Å²) in [6, 6.07) is 5.97. The van der Waals surface area contributed by atoms with Crippen molar-refractivity contribution in [2.24, 2.45) is 0 Å². The Kier molecular flexibility index (Phi) is 9.02. The van der Waals surface area contributed by atoms with Crippen molar-refractivity contribution in [1.29, 1.82) is 0 Å². The number of terminal acetylenes is 1. The van der Waals surface area contributed by atoms with Crippen LogP contribution in [0.4, 0.5) is 19.4 Å². The van der Waals surface area contributed by atoms with Gasteiger partial charge >= 0.3 is 12.1 Å². The molecule has 13 heteroatoms. The number of benzene rings is 2. The molecule has 1 amide bonds. The molecule has 0 spiro atoms. The average molecular weight is 727 g/mol. The molecule has 4 aromatic rings. The number of ether oxygens (including phenoxy) is 4. The smallest absolute Gasteiger partial charge is 0.410 e. The summed E-state index contributed by atoms with van der Waals surface area (Å²) in [7, 11) is 1.49. The van der Waals surface area contributed by atoms with Crippen LogP contribution in [0.3, 0.4) is 0 Å². The average Bonchev–Trinajstić information content (AvgIpc) is 3.79. The fourth-order valence-corrected chi connectivity index (χ4v) is 8.81. The third-order valence-electron chi connectivity index (χ3n) is 11.1. The van der Waals surface area contributed by atoms with Crippen molar-refractivity contribution < 1.29 is 32.5 Å². The first-order chi connectivity index (χ1) is 25.5. The number of methoxy groups -OCH3 is 1. The van der Waals surface area contributed by atoms with Gasteiger partial charge in [-0.1, -0.05) is 12.0 Å². The molecule has 53 heavy (non-hydrogen) atoms. The summed E-state index contributed by atoms with van der Waals surface area (Å²) in [6.07, 6.45) is 12.9. The second kappa shape index (κ2) is 13.6. The SMILES string of the molecule is C#Cc1c(F)ccc2cc(OCOC)cc(-c3ncc4c(N5C[C@H]6CC[C@@H](C5)N6C(=O)OC(C)(C)C)nc(OCC56CCCN5CCC6)nc4c3F)c12. The van der Waals surface area contributed by atoms with Crippen molar-refractivity contribution in [3.63, 3.8) is 0 Å². The number of piperazine rings is 1. The number of hydrogen-bond acceptors (Lipinski definition) is 10. The largest absolute Gasteiger partial charge is 0.468 e. The van der Waals surface area contributed by atoms with Gasteiger partial charge < -0.3 is 23.8 Å². The van der Waals surface area contributed by atoms with Crippen LogP contribution >= 0.6 is 0 Å². The normalized spacial score (nSPS) is 20.9. The fourth-order valence-electron chi connectivity index (χ4n) is 8.81. The molecule has 278 valence electrons. The van der Waals surface area contributed by atoms with Gasteiger partial charge in [-0.3, -0.25) is 14.8 Å². The van der Waals surface area contributed by atoms with Gasteiger partial charge in [0.25, 0.3) is 0 Å². The molecule has 0 radical (unpaired) electrons. The molecule has 2 atom stereocenters. The highest BCUT2D eigenvalue weighted by Gasteiger charge is 2.46. The molecule has 4 fully saturated rings. The third kappa shape index (κ3) is 6.35. The Balaban J connectivity index is 1.24. The minimum absolute atomic E-state index is 0.0131. The zero-order valence-electron chi connectivity index (χ0n) is 30.6. The van der Waals surface area contributed by atoms with Crippen molar-refractivity contribution in [2.75, 3.05) is 51.6 Å². The highest BCUT2D eigenvalue weighted by molar-refractivity contribution is 6.03. The summed E-state index contributed by atoms with van der Waals surface area (Å²) >= 11 is 0. The van der Waals surface area contributed by atoms with Gasteiger partial charge in [-0.25, -0.2) is 13.6 Å². The molecule has 2 aromatic heterocycles. The van der Waals surface area contributed by atoms with Gasteiger partial charge in [-0.15, -0.1) is 6.42 Å². The van der Waals surface area contributed by atoms with E-state index in [1.807, 2.05) is 25.7 Å². The summed E-state index contributed by atoms with van der Waals surface area (Å²) in [4.78, 5) is 33.9. The molecule has 4 aliphatic heterocycles. The van der Waals surface area contributed by atoms with Gasteiger partial charge in [0, 0.05) is 37.3 Å². The van der Waals surface area contributed by atoms with E-state index >= 15 is 8.78 Å². The molecule has 2 bridgehead atoms. The first-order valence-corrected chi connectivity index (χ1v) is 18.3. The predicted molar refractivity (Wildman–Crippen MR) is 196 cm³/mol. The number of nitrogens with zero attached hydrogens (tertiary/aromatic N) is 6. The lowest BCUT2D eigenvalue weighted by Crippen LogP contribution is -2.57. The van der Waals surface area contributed by atoms with Crippen LogP contribution in [0.15, 0.2) is 30.5 Å². The maximum atomic E-state index is 17.3. The first kappa shape index (κ1) is 35.2. The second-order valence-electron chi connectivity index (χ2n) is 15.6. The minimum atomic E-state index is -0.731. The Morgan fingerprint density at radius 1 is 1.06 bits per heavy atom. The van der Waals surface area contributed by atoms with Crippen LogP contribution in [0.2, 0.25) is 0 Å². The van der Waals surface area contributed by atoms with Gasteiger partial charge in [-0.2, -0.15) is 9.97 Å². The lowest BCUT2D eigenvalue weighted by atomic mass is 9.95. The molecular formula is C40H44F2N6O5. The van der Waals surface area contributed by atoms with Crippen LogP contribution < -0.4 is 14.4 Å². The summed E-state index contributed by atoms with van der Waals surface area (Å²) < 4.78 is 55.5. The van der Waals surface area contributed by atoms with E-state index in [2.05, 4.69) is 20.7 Å². The van der Waals surface area contributed by atoms with Crippen molar-refractivity contribution in [1.82, 2.24) is 24.8 Å². The summed E-state index contributed by atoms with van der Waals surface area (Å²) in [5, 5.41) is 1.27. The summed E-state index contributed by atoms with van der Waals surface area (Å²) in [5.41, 5.74) is -0.535. The van der Waals surface area contributed by atoms with Crippen molar-refractivity contribution in [3.05, 3.63) is 47.7 Å². The van der Waals surface area contributed by atoms with E-state index in [1.165, 1.54) is 13.2 Å². The molecule has 2 aromatic carbocycles. The highest BCUT2D eigenvalue weighted by Crippen LogP contribution is 2.42. The number of amides is 1. The number of anilines is 1. The summed E-state index contributed by atoms with van der Waals surface area (Å²) in [6.45, 7) is 8.92. The second-order valence-corrected chi connectivity index (χ2v) is 15.6. The van der Waals surface area contributed by atoms with Gasteiger partial charge in [0.1, 0.15) is 40.8 Å². The van der Waals surface area contributed by atoms with Crippen molar-refractivity contribution in [2.45, 2.75) is 82.5 Å². The van der Waals surface area contributed by atoms with E-state index in [-0.39, 0.29) is 58.9 Å². The highest BCUT2D eigenvalue weighted by atomic mass is 19.1. The van der Waals surface area contributed by atoms with Gasteiger partial charge in [-0.05, 0) is 96.0 Å². The Bertz CT molecular complexity index is 2110. The molecule has 11 nitrogen and oxygen atoms in total. The number of rotatable bonds is 8. The fraction of sp³-hybridized carbons (Fsp3) is 0.500. The third-order valence-corrected chi connectivity index (χ3v) is 11.1. The zero-order valence-corrected chi connectivity index (χ0v) is 30.6. The number of carbonyl (C=O) groups excluding carboxylic acids is 1. The van der Waals surface area contributed by atoms with Gasteiger partial charge in [0.2, 0.25) is 0 Å². The van der Waals surface area contributed by atoms with Crippen LogP contribution in [0.25, 0.3) is 32.9 Å². The Morgan fingerprint density at radius 2 is 1.79 bits per heavy atom. The van der Waals surface area contributed by atoms with Crippen molar-refractivity contribution >= 4 is 33.6 Å². The number of carbonyl (C=O) groups is 1. The van der Waals surface area contributed by atoms with Crippen LogP contribution in [0, 0.1) is 24.0 Å². The molecule has 0 N–H and O–H groups in total. The molecule has 4 aliphatic rings. The van der Waals surface area contributed by atoms with E-state index in [0.717, 1.165) is 51.6 Å². The van der Waals surface area contributed by atoms with E-state index in [0.29, 0.717) is 47.4 Å². The molecular weight excluding hydrogens is 682 g/mol. The molecule has 0 saturated carbocycles. The van der Waals surface area contributed by atoms with Crippen LogP contribution in [0.5, 0.6) is 11.8 Å². The van der Waals surface area contributed by atoms with Gasteiger partial charge in [0.05, 0.1) is 28.6 Å². The number of pyridine rings is 1. The lowest BCUT2D eigenvalue weighted by Gasteiger charge is -2.42. The van der Waals surface area contributed by atoms with Crippen molar-refractivity contribution in [3.8, 4) is 35.4 Å². The Labute approximate surface area is 307 Å². The quantitative estimate of drug-likeness (QED) is 0.144. The Morgan fingerprint density at radius 3 is 2.47 bits per heavy atom. The monoisotopic (exact) mass is 726 g/mol.